The maximum atomic E-state index is 12.0. The van der Waals surface area contributed by atoms with Gasteiger partial charge in [0, 0.05) is 18.5 Å². The van der Waals surface area contributed by atoms with E-state index in [0.29, 0.717) is 35.9 Å². The molecule has 98 valence electrons. The molecule has 0 atom stereocenters. The Morgan fingerprint density at radius 3 is 2.89 bits per heavy atom. The number of nitrogens with one attached hydrogen (secondary N) is 1. The van der Waals surface area contributed by atoms with Crippen molar-refractivity contribution in [1.29, 1.82) is 0 Å². The predicted octanol–water partition coefficient (Wildman–Crippen LogP) is 2.23. The van der Waals surface area contributed by atoms with E-state index in [1.54, 1.807) is 18.2 Å². The molecule has 0 saturated heterocycles. The van der Waals surface area contributed by atoms with Gasteiger partial charge in [0.2, 0.25) is 6.79 Å². The average Bonchev–Trinajstić information content (AvgIpc) is 2.81. The van der Waals surface area contributed by atoms with E-state index in [0.717, 1.165) is 6.54 Å². The van der Waals surface area contributed by atoms with Crippen LogP contribution in [0.4, 0.5) is 0 Å². The molecule has 4 nitrogen and oxygen atoms in total. The third-order valence-corrected chi connectivity index (χ3v) is 2.78. The van der Waals surface area contributed by atoms with Gasteiger partial charge >= 0.3 is 0 Å². The van der Waals surface area contributed by atoms with Crippen LogP contribution in [0.25, 0.3) is 0 Å². The zero-order valence-electron chi connectivity index (χ0n) is 10.9. The Labute approximate surface area is 107 Å². The largest absolute Gasteiger partial charge is 0.454 e. The molecule has 4 heteroatoms. The highest BCUT2D eigenvalue weighted by Crippen LogP contribution is 2.32. The smallest absolute Gasteiger partial charge is 0.231 e. The normalized spacial score (nSPS) is 13.1. The van der Waals surface area contributed by atoms with Gasteiger partial charge in [-0.2, -0.15) is 0 Å². The summed E-state index contributed by atoms with van der Waals surface area (Å²) in [6, 6.07) is 5.34. The number of hydrogen-bond acceptors (Lipinski definition) is 4. The summed E-state index contributed by atoms with van der Waals surface area (Å²) in [6.45, 7) is 6.18. The maximum absolute atomic E-state index is 12.0. The first-order valence-corrected chi connectivity index (χ1v) is 6.30. The van der Waals surface area contributed by atoms with Gasteiger partial charge in [0.1, 0.15) is 0 Å². The predicted molar refractivity (Wildman–Crippen MR) is 69.2 cm³/mol. The molecule has 2 rings (SSSR count). The van der Waals surface area contributed by atoms with E-state index in [4.69, 9.17) is 9.47 Å². The maximum Gasteiger partial charge on any atom is 0.231 e. The Hall–Kier alpha value is -1.55. The molecule has 0 aromatic heterocycles. The van der Waals surface area contributed by atoms with Crippen LogP contribution in [0, 0.1) is 5.92 Å². The summed E-state index contributed by atoms with van der Waals surface area (Å²) in [5, 5.41) is 3.26. The minimum atomic E-state index is 0.129. The van der Waals surface area contributed by atoms with Crippen molar-refractivity contribution in [1.82, 2.24) is 5.32 Å². The second kappa shape index (κ2) is 5.87. The molecule has 0 spiro atoms. The van der Waals surface area contributed by atoms with Gasteiger partial charge < -0.3 is 14.8 Å². The van der Waals surface area contributed by atoms with E-state index >= 15 is 0 Å². The molecular weight excluding hydrogens is 230 g/mol. The number of Topliss-reactive ketones (excluding diaryl/α,β-unsaturated/α-hetero) is 1. The van der Waals surface area contributed by atoms with Crippen LogP contribution in [0.2, 0.25) is 0 Å². The van der Waals surface area contributed by atoms with Gasteiger partial charge in [-0.3, -0.25) is 4.79 Å². The van der Waals surface area contributed by atoms with E-state index < -0.39 is 0 Å². The first kappa shape index (κ1) is 12.9. The third kappa shape index (κ3) is 3.23. The van der Waals surface area contributed by atoms with Crippen LogP contribution < -0.4 is 14.8 Å². The summed E-state index contributed by atoms with van der Waals surface area (Å²) >= 11 is 0. The van der Waals surface area contributed by atoms with Gasteiger partial charge in [-0.15, -0.1) is 0 Å². The summed E-state index contributed by atoms with van der Waals surface area (Å²) in [6.07, 6.45) is 0.506. The van der Waals surface area contributed by atoms with Crippen LogP contribution in [0.15, 0.2) is 18.2 Å². The molecule has 18 heavy (non-hydrogen) atoms. The molecule has 0 aliphatic carbocycles. The van der Waals surface area contributed by atoms with Crippen LogP contribution in [-0.4, -0.2) is 25.7 Å². The van der Waals surface area contributed by atoms with Crippen molar-refractivity contribution in [3.05, 3.63) is 23.8 Å². The monoisotopic (exact) mass is 249 g/mol. The lowest BCUT2D eigenvalue weighted by molar-refractivity contribution is 0.0982. The standard InChI is InChI=1S/C14H19NO3/c1-10(2)8-15-6-5-12(16)11-3-4-13-14(7-11)18-9-17-13/h3-4,7,10,15H,5-6,8-9H2,1-2H3. The van der Waals surface area contributed by atoms with Crippen molar-refractivity contribution < 1.29 is 14.3 Å². The van der Waals surface area contributed by atoms with Crippen molar-refractivity contribution >= 4 is 5.78 Å². The number of carbonyl (C=O) groups is 1. The Morgan fingerprint density at radius 2 is 2.11 bits per heavy atom. The van der Waals surface area contributed by atoms with Crippen LogP contribution in [0.1, 0.15) is 30.6 Å². The molecular formula is C14H19NO3. The highest BCUT2D eigenvalue weighted by atomic mass is 16.7. The Morgan fingerprint density at radius 1 is 1.33 bits per heavy atom. The van der Waals surface area contributed by atoms with Crippen LogP contribution in [-0.2, 0) is 0 Å². The average molecular weight is 249 g/mol. The Balaban J connectivity index is 1.85. The fourth-order valence-electron chi connectivity index (χ4n) is 1.81. The highest BCUT2D eigenvalue weighted by Gasteiger charge is 2.15. The number of fused-ring (bicyclic) bond motifs is 1. The van der Waals surface area contributed by atoms with Crippen molar-refractivity contribution in [2.45, 2.75) is 20.3 Å². The lowest BCUT2D eigenvalue weighted by Gasteiger charge is -2.07. The van der Waals surface area contributed by atoms with Gasteiger partial charge in [-0.05, 0) is 30.7 Å². The first-order chi connectivity index (χ1) is 8.66. The molecule has 1 N–H and O–H groups in total. The second-order valence-corrected chi connectivity index (χ2v) is 4.84. The summed E-state index contributed by atoms with van der Waals surface area (Å²) in [5.74, 6) is 2.11. The Kier molecular flexibility index (Phi) is 4.20. The number of ether oxygens (including phenoxy) is 2. The van der Waals surface area contributed by atoms with Gasteiger partial charge in [0.25, 0.3) is 0 Å². The summed E-state index contributed by atoms with van der Waals surface area (Å²) < 4.78 is 10.5. The topological polar surface area (TPSA) is 47.6 Å². The zero-order chi connectivity index (χ0) is 13.0. The zero-order valence-corrected chi connectivity index (χ0v) is 10.9. The quantitative estimate of drug-likeness (QED) is 0.620. The highest BCUT2D eigenvalue weighted by molar-refractivity contribution is 5.96. The van der Waals surface area contributed by atoms with Crippen LogP contribution in [0.3, 0.4) is 0 Å². The van der Waals surface area contributed by atoms with Crippen molar-refractivity contribution in [2.24, 2.45) is 5.92 Å². The van der Waals surface area contributed by atoms with Crippen molar-refractivity contribution in [2.75, 3.05) is 19.9 Å². The molecule has 0 unspecified atom stereocenters. The fourth-order valence-corrected chi connectivity index (χ4v) is 1.81. The first-order valence-electron chi connectivity index (χ1n) is 6.30. The number of ketones is 1. The van der Waals surface area contributed by atoms with Gasteiger partial charge in [0.15, 0.2) is 17.3 Å². The molecule has 0 radical (unpaired) electrons. The number of benzene rings is 1. The van der Waals surface area contributed by atoms with E-state index in [-0.39, 0.29) is 12.6 Å². The van der Waals surface area contributed by atoms with Gasteiger partial charge in [-0.25, -0.2) is 0 Å². The van der Waals surface area contributed by atoms with Crippen molar-refractivity contribution in [3.63, 3.8) is 0 Å². The molecule has 0 amide bonds. The van der Waals surface area contributed by atoms with Gasteiger partial charge in [-0.1, -0.05) is 13.8 Å². The van der Waals surface area contributed by atoms with Gasteiger partial charge in [0.05, 0.1) is 0 Å². The minimum absolute atomic E-state index is 0.129. The summed E-state index contributed by atoms with van der Waals surface area (Å²) in [4.78, 5) is 12.0. The molecule has 1 aliphatic heterocycles. The van der Waals surface area contributed by atoms with E-state index in [1.165, 1.54) is 0 Å². The van der Waals surface area contributed by atoms with E-state index in [2.05, 4.69) is 19.2 Å². The SMILES string of the molecule is CC(C)CNCCC(=O)c1ccc2c(c1)OCO2. The molecule has 0 saturated carbocycles. The molecule has 0 fully saturated rings. The van der Waals surface area contributed by atoms with Crippen molar-refractivity contribution in [3.8, 4) is 11.5 Å². The Bertz CT molecular complexity index is 429. The minimum Gasteiger partial charge on any atom is -0.454 e. The number of rotatable bonds is 6. The summed E-state index contributed by atoms with van der Waals surface area (Å²) in [7, 11) is 0. The third-order valence-electron chi connectivity index (χ3n) is 2.78. The van der Waals surface area contributed by atoms with Crippen LogP contribution >= 0.6 is 0 Å². The number of carbonyl (C=O) groups excluding carboxylic acids is 1. The molecule has 1 aromatic carbocycles. The second-order valence-electron chi connectivity index (χ2n) is 4.84. The summed E-state index contributed by atoms with van der Waals surface area (Å²) in [5.41, 5.74) is 0.686. The lowest BCUT2D eigenvalue weighted by atomic mass is 10.1. The number of hydrogen-bond donors (Lipinski definition) is 1. The van der Waals surface area contributed by atoms with E-state index in [1.807, 2.05) is 0 Å². The van der Waals surface area contributed by atoms with E-state index in [9.17, 15) is 4.79 Å². The molecule has 1 aliphatic rings. The fraction of sp³-hybridized carbons (Fsp3) is 0.500. The molecule has 1 heterocycles. The molecule has 1 aromatic rings. The molecule has 0 bridgehead atoms. The van der Waals surface area contributed by atoms with Crippen LogP contribution in [0.5, 0.6) is 11.5 Å². The lowest BCUT2D eigenvalue weighted by Crippen LogP contribution is -2.22.